The van der Waals surface area contributed by atoms with Crippen LogP contribution in [0.15, 0.2) is 41.9 Å². The van der Waals surface area contributed by atoms with E-state index in [0.29, 0.717) is 0 Å². The average molecular weight is 232 g/mol. The van der Waals surface area contributed by atoms with Gasteiger partial charge in [0.2, 0.25) is 0 Å². The predicted molar refractivity (Wildman–Crippen MR) is 70.5 cm³/mol. The molecule has 0 radical (unpaired) electrons. The number of thiazole rings is 1. The molecule has 0 aliphatic heterocycles. The fourth-order valence-electron chi connectivity index (χ4n) is 1.61. The SMILES string of the molecule is CCCCN(c1ccccc1)c1nccs1. The molecule has 0 saturated carbocycles. The second-order valence-corrected chi connectivity index (χ2v) is 4.53. The van der Waals surface area contributed by atoms with Gasteiger partial charge in [0.05, 0.1) is 0 Å². The maximum Gasteiger partial charge on any atom is 0.189 e. The van der Waals surface area contributed by atoms with Gasteiger partial charge in [-0.2, -0.15) is 0 Å². The Morgan fingerprint density at radius 1 is 1.25 bits per heavy atom. The zero-order valence-electron chi connectivity index (χ0n) is 9.47. The van der Waals surface area contributed by atoms with Gasteiger partial charge in [-0.25, -0.2) is 4.98 Å². The van der Waals surface area contributed by atoms with Gasteiger partial charge in [0.25, 0.3) is 0 Å². The van der Waals surface area contributed by atoms with Gasteiger partial charge in [-0.3, -0.25) is 0 Å². The van der Waals surface area contributed by atoms with E-state index in [0.717, 1.165) is 11.7 Å². The standard InChI is InChI=1S/C13H16N2S/c1-2-3-10-15(13-14-9-11-16-13)12-7-5-4-6-8-12/h4-9,11H,2-3,10H2,1H3. The summed E-state index contributed by atoms with van der Waals surface area (Å²) in [6, 6.07) is 10.5. The number of anilines is 2. The zero-order chi connectivity index (χ0) is 11.2. The van der Waals surface area contributed by atoms with Crippen LogP contribution in [0.25, 0.3) is 0 Å². The first-order chi connectivity index (χ1) is 7.92. The summed E-state index contributed by atoms with van der Waals surface area (Å²) >= 11 is 1.69. The van der Waals surface area contributed by atoms with Crippen LogP contribution in [0.5, 0.6) is 0 Å². The Kier molecular flexibility index (Phi) is 3.94. The maximum atomic E-state index is 4.39. The Hall–Kier alpha value is -1.35. The van der Waals surface area contributed by atoms with Crippen molar-refractivity contribution in [2.24, 2.45) is 0 Å². The summed E-state index contributed by atoms with van der Waals surface area (Å²) in [5.41, 5.74) is 1.23. The third-order valence-electron chi connectivity index (χ3n) is 2.45. The molecule has 2 aromatic rings. The highest BCUT2D eigenvalue weighted by atomic mass is 32.1. The van der Waals surface area contributed by atoms with E-state index in [1.165, 1.54) is 18.5 Å². The number of rotatable bonds is 5. The van der Waals surface area contributed by atoms with Crippen molar-refractivity contribution in [3.63, 3.8) is 0 Å². The molecule has 0 unspecified atom stereocenters. The Labute approximate surface area is 101 Å². The maximum absolute atomic E-state index is 4.39. The minimum absolute atomic E-state index is 1.04. The molecule has 1 aromatic carbocycles. The second kappa shape index (κ2) is 5.66. The van der Waals surface area contributed by atoms with Crippen LogP contribution in [0.4, 0.5) is 10.8 Å². The molecule has 84 valence electrons. The van der Waals surface area contributed by atoms with Crippen LogP contribution in [-0.2, 0) is 0 Å². The molecule has 0 saturated heterocycles. The van der Waals surface area contributed by atoms with Gasteiger partial charge in [-0.05, 0) is 18.6 Å². The average Bonchev–Trinajstić information content (AvgIpc) is 2.85. The van der Waals surface area contributed by atoms with Crippen LogP contribution in [0.2, 0.25) is 0 Å². The monoisotopic (exact) mass is 232 g/mol. The van der Waals surface area contributed by atoms with Crippen LogP contribution in [0, 0.1) is 0 Å². The van der Waals surface area contributed by atoms with E-state index in [1.54, 1.807) is 11.3 Å². The quantitative estimate of drug-likeness (QED) is 0.772. The number of para-hydroxylation sites is 1. The van der Waals surface area contributed by atoms with E-state index in [-0.39, 0.29) is 0 Å². The summed E-state index contributed by atoms with van der Waals surface area (Å²) < 4.78 is 0. The topological polar surface area (TPSA) is 16.1 Å². The summed E-state index contributed by atoms with van der Waals surface area (Å²) in [7, 11) is 0. The molecule has 1 aromatic heterocycles. The summed E-state index contributed by atoms with van der Waals surface area (Å²) in [5.74, 6) is 0. The lowest BCUT2D eigenvalue weighted by Gasteiger charge is -2.21. The highest BCUT2D eigenvalue weighted by molar-refractivity contribution is 7.13. The van der Waals surface area contributed by atoms with Crippen molar-refractivity contribution in [1.29, 1.82) is 0 Å². The van der Waals surface area contributed by atoms with Crippen LogP contribution >= 0.6 is 11.3 Å². The van der Waals surface area contributed by atoms with E-state index in [2.05, 4.69) is 41.1 Å². The van der Waals surface area contributed by atoms with Crippen LogP contribution in [-0.4, -0.2) is 11.5 Å². The molecule has 16 heavy (non-hydrogen) atoms. The van der Waals surface area contributed by atoms with Gasteiger partial charge < -0.3 is 4.90 Å². The van der Waals surface area contributed by atoms with Gasteiger partial charge in [0.15, 0.2) is 5.13 Å². The second-order valence-electron chi connectivity index (χ2n) is 3.66. The summed E-state index contributed by atoms with van der Waals surface area (Å²) in [6.07, 6.45) is 4.26. The van der Waals surface area contributed by atoms with Gasteiger partial charge in [0.1, 0.15) is 0 Å². The molecule has 0 aliphatic carbocycles. The minimum Gasteiger partial charge on any atom is -0.318 e. The van der Waals surface area contributed by atoms with Crippen molar-refractivity contribution < 1.29 is 0 Å². The molecule has 0 N–H and O–H groups in total. The zero-order valence-corrected chi connectivity index (χ0v) is 10.3. The number of unbranched alkanes of at least 4 members (excludes halogenated alkanes) is 1. The molecule has 0 spiro atoms. The van der Waals surface area contributed by atoms with Crippen molar-refractivity contribution in [3.8, 4) is 0 Å². The fraction of sp³-hybridized carbons (Fsp3) is 0.308. The first-order valence-electron chi connectivity index (χ1n) is 5.64. The van der Waals surface area contributed by atoms with E-state index < -0.39 is 0 Å². The summed E-state index contributed by atoms with van der Waals surface area (Å²) in [5, 5.41) is 3.11. The lowest BCUT2D eigenvalue weighted by Crippen LogP contribution is -2.17. The molecular formula is C13H16N2S. The Balaban J connectivity index is 2.21. The van der Waals surface area contributed by atoms with E-state index in [4.69, 9.17) is 0 Å². The van der Waals surface area contributed by atoms with E-state index in [1.807, 2.05) is 17.6 Å². The lowest BCUT2D eigenvalue weighted by atomic mass is 10.2. The Morgan fingerprint density at radius 3 is 2.69 bits per heavy atom. The first-order valence-corrected chi connectivity index (χ1v) is 6.52. The molecular weight excluding hydrogens is 216 g/mol. The largest absolute Gasteiger partial charge is 0.318 e. The van der Waals surface area contributed by atoms with E-state index in [9.17, 15) is 0 Å². The third kappa shape index (κ3) is 2.61. The van der Waals surface area contributed by atoms with Gasteiger partial charge in [0, 0.05) is 23.8 Å². The Morgan fingerprint density at radius 2 is 2.06 bits per heavy atom. The van der Waals surface area contributed by atoms with Crippen LogP contribution in [0.1, 0.15) is 19.8 Å². The number of hydrogen-bond donors (Lipinski definition) is 0. The molecule has 0 aliphatic rings. The first kappa shape index (κ1) is 11.1. The van der Waals surface area contributed by atoms with Crippen molar-refractivity contribution in [2.75, 3.05) is 11.4 Å². The Bertz CT molecular complexity index is 397. The highest BCUT2D eigenvalue weighted by Crippen LogP contribution is 2.27. The minimum atomic E-state index is 1.04. The van der Waals surface area contributed by atoms with Crippen molar-refractivity contribution >= 4 is 22.2 Å². The molecule has 0 amide bonds. The molecule has 0 bridgehead atoms. The predicted octanol–water partition coefficient (Wildman–Crippen LogP) is 4.08. The highest BCUT2D eigenvalue weighted by Gasteiger charge is 2.09. The van der Waals surface area contributed by atoms with E-state index >= 15 is 0 Å². The number of aromatic nitrogens is 1. The van der Waals surface area contributed by atoms with Gasteiger partial charge in [-0.15, -0.1) is 11.3 Å². The number of benzene rings is 1. The number of hydrogen-bond acceptors (Lipinski definition) is 3. The molecule has 0 atom stereocenters. The summed E-state index contributed by atoms with van der Waals surface area (Å²) in [4.78, 5) is 6.68. The third-order valence-corrected chi connectivity index (χ3v) is 3.25. The molecule has 2 rings (SSSR count). The lowest BCUT2D eigenvalue weighted by molar-refractivity contribution is 0.784. The molecule has 0 fully saturated rings. The van der Waals surface area contributed by atoms with Crippen LogP contribution < -0.4 is 4.90 Å². The van der Waals surface area contributed by atoms with Crippen molar-refractivity contribution in [3.05, 3.63) is 41.9 Å². The van der Waals surface area contributed by atoms with Gasteiger partial charge >= 0.3 is 0 Å². The van der Waals surface area contributed by atoms with Gasteiger partial charge in [-0.1, -0.05) is 31.5 Å². The smallest absolute Gasteiger partial charge is 0.189 e. The van der Waals surface area contributed by atoms with Crippen LogP contribution in [0.3, 0.4) is 0 Å². The molecule has 1 heterocycles. The number of nitrogens with zero attached hydrogens (tertiary/aromatic N) is 2. The van der Waals surface area contributed by atoms with Crippen molar-refractivity contribution in [1.82, 2.24) is 4.98 Å². The van der Waals surface area contributed by atoms with Crippen molar-refractivity contribution in [2.45, 2.75) is 19.8 Å². The summed E-state index contributed by atoms with van der Waals surface area (Å²) in [6.45, 7) is 3.25. The fourth-order valence-corrected chi connectivity index (χ4v) is 2.30. The molecule has 3 heteroatoms. The normalized spacial score (nSPS) is 10.3. The molecule has 2 nitrogen and oxygen atoms in total.